The summed E-state index contributed by atoms with van der Waals surface area (Å²) < 4.78 is 0. The van der Waals surface area contributed by atoms with Crippen LogP contribution in [0.4, 0.5) is 10.5 Å². The van der Waals surface area contributed by atoms with Crippen LogP contribution >= 0.6 is 0 Å². The first-order valence-electron chi connectivity index (χ1n) is 5.78. The third kappa shape index (κ3) is 3.19. The molecule has 18 heavy (non-hydrogen) atoms. The van der Waals surface area contributed by atoms with E-state index in [0.717, 1.165) is 18.5 Å². The van der Waals surface area contributed by atoms with E-state index in [-0.39, 0.29) is 18.6 Å². The number of hydrogen-bond acceptors (Lipinski definition) is 3. The zero-order chi connectivity index (χ0) is 13.1. The van der Waals surface area contributed by atoms with Crippen molar-refractivity contribution in [1.29, 1.82) is 0 Å². The summed E-state index contributed by atoms with van der Waals surface area (Å²) in [7, 11) is 0. The van der Waals surface area contributed by atoms with E-state index >= 15 is 0 Å². The first-order valence-corrected chi connectivity index (χ1v) is 5.78. The number of aliphatic carboxylic acids is 1. The summed E-state index contributed by atoms with van der Waals surface area (Å²) in [6.07, 6.45) is 3.29. The summed E-state index contributed by atoms with van der Waals surface area (Å²) in [4.78, 5) is 28.1. The highest BCUT2D eigenvalue weighted by atomic mass is 16.4. The van der Waals surface area contributed by atoms with E-state index in [1.165, 1.54) is 4.90 Å². The van der Waals surface area contributed by atoms with Gasteiger partial charge >= 0.3 is 12.0 Å². The summed E-state index contributed by atoms with van der Waals surface area (Å²) in [6.45, 7) is 1.59. The number of aromatic nitrogens is 1. The van der Waals surface area contributed by atoms with Crippen LogP contribution in [0.2, 0.25) is 0 Å². The number of carbonyl (C=O) groups excluding carboxylic acids is 1. The number of anilines is 1. The SMILES string of the molecule is Cc1ccc(NC(=O)N(CC(=O)O)C2CC2)cn1. The predicted octanol–water partition coefficient (Wildman–Crippen LogP) is 1.47. The topological polar surface area (TPSA) is 82.5 Å². The monoisotopic (exact) mass is 249 g/mol. The lowest BCUT2D eigenvalue weighted by molar-refractivity contribution is -0.137. The molecule has 96 valence electrons. The number of carboxylic acid groups (broad SMARTS) is 1. The normalized spacial score (nSPS) is 14.1. The van der Waals surface area contributed by atoms with Gasteiger partial charge in [0.25, 0.3) is 0 Å². The lowest BCUT2D eigenvalue weighted by Gasteiger charge is -2.20. The van der Waals surface area contributed by atoms with Crippen molar-refractivity contribution < 1.29 is 14.7 Å². The lowest BCUT2D eigenvalue weighted by Crippen LogP contribution is -2.40. The van der Waals surface area contributed by atoms with E-state index in [1.807, 2.05) is 6.92 Å². The van der Waals surface area contributed by atoms with Gasteiger partial charge in [0.05, 0.1) is 11.9 Å². The van der Waals surface area contributed by atoms with Gasteiger partial charge in [0.1, 0.15) is 6.54 Å². The molecular formula is C12H15N3O3. The van der Waals surface area contributed by atoms with Gasteiger partial charge in [-0.15, -0.1) is 0 Å². The van der Waals surface area contributed by atoms with Gasteiger partial charge in [-0.2, -0.15) is 0 Å². The zero-order valence-electron chi connectivity index (χ0n) is 10.1. The van der Waals surface area contributed by atoms with Crippen LogP contribution < -0.4 is 5.32 Å². The highest BCUT2D eigenvalue weighted by Crippen LogP contribution is 2.27. The fraction of sp³-hybridized carbons (Fsp3) is 0.417. The molecule has 0 aromatic carbocycles. The average Bonchev–Trinajstić information content (AvgIpc) is 3.12. The quantitative estimate of drug-likeness (QED) is 0.846. The minimum absolute atomic E-state index is 0.0551. The molecular weight excluding hydrogens is 234 g/mol. The van der Waals surface area contributed by atoms with E-state index < -0.39 is 5.97 Å². The molecule has 0 atom stereocenters. The van der Waals surface area contributed by atoms with Gasteiger partial charge in [-0.05, 0) is 31.9 Å². The highest BCUT2D eigenvalue weighted by molar-refractivity contribution is 5.91. The number of nitrogens with one attached hydrogen (secondary N) is 1. The van der Waals surface area contributed by atoms with Gasteiger partial charge in [-0.25, -0.2) is 4.79 Å². The maximum atomic E-state index is 11.9. The molecule has 2 N–H and O–H groups in total. The average molecular weight is 249 g/mol. The Morgan fingerprint density at radius 1 is 1.50 bits per heavy atom. The Balaban J connectivity index is 2.00. The summed E-state index contributed by atoms with van der Waals surface area (Å²) in [6, 6.07) is 3.20. The molecule has 0 bridgehead atoms. The molecule has 1 heterocycles. The fourth-order valence-electron chi connectivity index (χ4n) is 1.64. The molecule has 0 unspecified atom stereocenters. The summed E-state index contributed by atoms with van der Waals surface area (Å²) >= 11 is 0. The summed E-state index contributed by atoms with van der Waals surface area (Å²) in [5.41, 5.74) is 1.43. The number of rotatable bonds is 4. The Labute approximate surface area is 105 Å². The van der Waals surface area contributed by atoms with E-state index in [0.29, 0.717) is 5.69 Å². The molecule has 1 fully saturated rings. The molecule has 0 aliphatic heterocycles. The number of pyridine rings is 1. The van der Waals surface area contributed by atoms with Crippen molar-refractivity contribution in [2.45, 2.75) is 25.8 Å². The Morgan fingerprint density at radius 2 is 2.22 bits per heavy atom. The number of hydrogen-bond donors (Lipinski definition) is 2. The van der Waals surface area contributed by atoms with E-state index in [4.69, 9.17) is 5.11 Å². The van der Waals surface area contributed by atoms with Crippen LogP contribution in [0.25, 0.3) is 0 Å². The van der Waals surface area contributed by atoms with Crippen LogP contribution in [-0.2, 0) is 4.79 Å². The maximum absolute atomic E-state index is 11.9. The molecule has 1 saturated carbocycles. The first kappa shape index (κ1) is 12.3. The number of carbonyl (C=O) groups is 2. The second-order valence-corrected chi connectivity index (χ2v) is 4.37. The molecule has 1 aromatic rings. The van der Waals surface area contributed by atoms with Gasteiger partial charge in [-0.3, -0.25) is 9.78 Å². The van der Waals surface area contributed by atoms with Gasteiger partial charge in [0, 0.05) is 11.7 Å². The first-order chi connectivity index (χ1) is 8.56. The van der Waals surface area contributed by atoms with Crippen molar-refractivity contribution in [2.75, 3.05) is 11.9 Å². The third-order valence-corrected chi connectivity index (χ3v) is 2.72. The standard InChI is InChI=1S/C12H15N3O3/c1-8-2-3-9(6-13-8)14-12(18)15(7-11(16)17)10-4-5-10/h2-3,6,10H,4-5,7H2,1H3,(H,14,18)(H,16,17). The van der Waals surface area contributed by atoms with E-state index in [1.54, 1.807) is 18.3 Å². The van der Waals surface area contributed by atoms with Gasteiger partial charge in [0.2, 0.25) is 0 Å². The fourth-order valence-corrected chi connectivity index (χ4v) is 1.64. The Hall–Kier alpha value is -2.11. The zero-order valence-corrected chi connectivity index (χ0v) is 10.1. The van der Waals surface area contributed by atoms with Crippen LogP contribution in [0.15, 0.2) is 18.3 Å². The van der Waals surface area contributed by atoms with Gasteiger partial charge < -0.3 is 15.3 Å². The van der Waals surface area contributed by atoms with Crippen molar-refractivity contribution in [3.05, 3.63) is 24.0 Å². The maximum Gasteiger partial charge on any atom is 0.323 e. The molecule has 6 heteroatoms. The molecule has 0 saturated heterocycles. The largest absolute Gasteiger partial charge is 0.480 e. The van der Waals surface area contributed by atoms with Crippen LogP contribution in [-0.4, -0.2) is 39.6 Å². The molecule has 2 amide bonds. The minimum atomic E-state index is -1.00. The second-order valence-electron chi connectivity index (χ2n) is 4.37. The Morgan fingerprint density at radius 3 is 2.72 bits per heavy atom. The summed E-state index contributed by atoms with van der Waals surface area (Å²) in [5, 5.41) is 11.4. The number of amides is 2. The number of urea groups is 1. The van der Waals surface area contributed by atoms with Crippen molar-refractivity contribution in [1.82, 2.24) is 9.88 Å². The number of nitrogens with zero attached hydrogens (tertiary/aromatic N) is 2. The molecule has 1 aliphatic rings. The molecule has 2 rings (SSSR count). The van der Waals surface area contributed by atoms with Crippen LogP contribution in [0.1, 0.15) is 18.5 Å². The van der Waals surface area contributed by atoms with Crippen LogP contribution in [0.5, 0.6) is 0 Å². The lowest BCUT2D eigenvalue weighted by atomic mass is 10.3. The Kier molecular flexibility index (Phi) is 3.45. The predicted molar refractivity (Wildman–Crippen MR) is 65.4 cm³/mol. The van der Waals surface area contributed by atoms with Crippen molar-refractivity contribution in [3.8, 4) is 0 Å². The molecule has 1 aromatic heterocycles. The van der Waals surface area contributed by atoms with E-state index in [2.05, 4.69) is 10.3 Å². The van der Waals surface area contributed by atoms with Crippen molar-refractivity contribution >= 4 is 17.7 Å². The van der Waals surface area contributed by atoms with Crippen molar-refractivity contribution in [2.24, 2.45) is 0 Å². The van der Waals surface area contributed by atoms with Crippen molar-refractivity contribution in [3.63, 3.8) is 0 Å². The number of carboxylic acids is 1. The molecule has 0 radical (unpaired) electrons. The van der Waals surface area contributed by atoms with Crippen LogP contribution in [0.3, 0.4) is 0 Å². The Bertz CT molecular complexity index is 454. The third-order valence-electron chi connectivity index (χ3n) is 2.72. The summed E-state index contributed by atoms with van der Waals surface area (Å²) in [5.74, 6) is -1.00. The number of aryl methyl sites for hydroxylation is 1. The van der Waals surface area contributed by atoms with Gasteiger partial charge in [-0.1, -0.05) is 0 Å². The molecule has 0 spiro atoms. The van der Waals surface area contributed by atoms with Gasteiger partial charge in [0.15, 0.2) is 0 Å². The smallest absolute Gasteiger partial charge is 0.323 e. The highest BCUT2D eigenvalue weighted by Gasteiger charge is 2.33. The van der Waals surface area contributed by atoms with E-state index in [9.17, 15) is 9.59 Å². The second kappa shape index (κ2) is 5.03. The molecule has 6 nitrogen and oxygen atoms in total. The minimum Gasteiger partial charge on any atom is -0.480 e. The molecule has 1 aliphatic carbocycles. The van der Waals surface area contributed by atoms with Crippen LogP contribution in [0, 0.1) is 6.92 Å².